The standard InChI is InChI=1S/C18H20N4O3/c23-17(14-3-7-20-21-11-14)22-8-4-18(5-9-22)10-16(13-24-18)25-15-2-1-6-19-12-15/h1-3,6-7,11-12,16H,4-5,8-10,13H2/t16-/m0/s1. The summed E-state index contributed by atoms with van der Waals surface area (Å²) in [6.45, 7) is 1.94. The Morgan fingerprint density at radius 3 is 2.80 bits per heavy atom. The molecule has 2 saturated heterocycles. The molecule has 4 rings (SSSR count). The summed E-state index contributed by atoms with van der Waals surface area (Å²) in [5, 5.41) is 7.49. The first-order chi connectivity index (χ1) is 12.2. The summed E-state index contributed by atoms with van der Waals surface area (Å²) in [7, 11) is 0. The second-order valence-electron chi connectivity index (χ2n) is 6.55. The van der Waals surface area contributed by atoms with Gasteiger partial charge in [-0.1, -0.05) is 0 Å². The molecule has 7 heteroatoms. The van der Waals surface area contributed by atoms with Gasteiger partial charge in [0.2, 0.25) is 0 Å². The molecule has 0 bridgehead atoms. The molecule has 1 amide bonds. The van der Waals surface area contributed by atoms with Crippen molar-refractivity contribution >= 4 is 5.91 Å². The Morgan fingerprint density at radius 1 is 1.20 bits per heavy atom. The summed E-state index contributed by atoms with van der Waals surface area (Å²) < 4.78 is 12.1. The summed E-state index contributed by atoms with van der Waals surface area (Å²) in [5.41, 5.74) is 0.399. The lowest BCUT2D eigenvalue weighted by Crippen LogP contribution is -2.46. The Morgan fingerprint density at radius 2 is 2.08 bits per heavy atom. The van der Waals surface area contributed by atoms with Crippen LogP contribution >= 0.6 is 0 Å². The fourth-order valence-electron chi connectivity index (χ4n) is 3.55. The quantitative estimate of drug-likeness (QED) is 0.847. The van der Waals surface area contributed by atoms with Crippen LogP contribution in [0.2, 0.25) is 0 Å². The average Bonchev–Trinajstić information content (AvgIpc) is 3.05. The molecule has 4 heterocycles. The van der Waals surface area contributed by atoms with Gasteiger partial charge in [-0.25, -0.2) is 0 Å². The van der Waals surface area contributed by atoms with Gasteiger partial charge in [-0.2, -0.15) is 10.2 Å². The van der Waals surface area contributed by atoms with Gasteiger partial charge in [0.05, 0.1) is 36.4 Å². The van der Waals surface area contributed by atoms with Crippen LogP contribution in [0.3, 0.4) is 0 Å². The monoisotopic (exact) mass is 340 g/mol. The molecule has 2 aromatic heterocycles. The highest BCUT2D eigenvalue weighted by atomic mass is 16.6. The minimum atomic E-state index is -0.180. The van der Waals surface area contributed by atoms with Crippen molar-refractivity contribution in [1.82, 2.24) is 20.1 Å². The second kappa shape index (κ2) is 6.76. The van der Waals surface area contributed by atoms with Crippen molar-refractivity contribution in [3.8, 4) is 5.75 Å². The number of aromatic nitrogens is 3. The Labute approximate surface area is 146 Å². The molecule has 0 aliphatic carbocycles. The largest absolute Gasteiger partial charge is 0.486 e. The molecule has 2 fully saturated rings. The molecule has 2 aliphatic rings. The van der Waals surface area contributed by atoms with Crippen LogP contribution in [-0.2, 0) is 4.74 Å². The van der Waals surface area contributed by atoms with Crippen LogP contribution in [0.15, 0.2) is 43.0 Å². The third-order valence-corrected chi connectivity index (χ3v) is 4.91. The molecule has 0 unspecified atom stereocenters. The van der Waals surface area contributed by atoms with Crippen LogP contribution in [0.5, 0.6) is 5.75 Å². The zero-order valence-electron chi connectivity index (χ0n) is 13.9. The topological polar surface area (TPSA) is 77.4 Å². The summed E-state index contributed by atoms with van der Waals surface area (Å²) in [6.07, 6.45) is 9.03. The number of ether oxygens (including phenoxy) is 2. The third kappa shape index (κ3) is 3.46. The first-order valence-electron chi connectivity index (χ1n) is 8.51. The summed E-state index contributed by atoms with van der Waals surface area (Å²) in [4.78, 5) is 18.4. The van der Waals surface area contributed by atoms with Gasteiger partial charge in [0.1, 0.15) is 11.9 Å². The number of carbonyl (C=O) groups is 1. The van der Waals surface area contributed by atoms with E-state index >= 15 is 0 Å². The zero-order chi connectivity index (χ0) is 17.1. The van der Waals surface area contributed by atoms with Crippen molar-refractivity contribution in [2.75, 3.05) is 19.7 Å². The molecule has 2 aliphatic heterocycles. The maximum Gasteiger partial charge on any atom is 0.255 e. The Kier molecular flexibility index (Phi) is 4.31. The highest BCUT2D eigenvalue weighted by molar-refractivity contribution is 5.93. The van der Waals surface area contributed by atoms with Gasteiger partial charge in [-0.3, -0.25) is 9.78 Å². The second-order valence-corrected chi connectivity index (χ2v) is 6.55. The van der Waals surface area contributed by atoms with Gasteiger partial charge < -0.3 is 14.4 Å². The van der Waals surface area contributed by atoms with Crippen LogP contribution in [-0.4, -0.2) is 57.4 Å². The van der Waals surface area contributed by atoms with Crippen LogP contribution in [0.1, 0.15) is 29.6 Å². The lowest BCUT2D eigenvalue weighted by atomic mass is 9.87. The predicted molar refractivity (Wildman–Crippen MR) is 89.1 cm³/mol. The normalized spacial score (nSPS) is 22.1. The molecule has 2 aromatic rings. The van der Waals surface area contributed by atoms with E-state index in [0.29, 0.717) is 25.3 Å². The van der Waals surface area contributed by atoms with Crippen molar-refractivity contribution in [1.29, 1.82) is 0 Å². The average molecular weight is 340 g/mol. The molecule has 25 heavy (non-hydrogen) atoms. The number of hydrogen-bond donors (Lipinski definition) is 0. The molecule has 0 aromatic carbocycles. The smallest absolute Gasteiger partial charge is 0.255 e. The number of carbonyl (C=O) groups excluding carboxylic acids is 1. The van der Waals surface area contributed by atoms with E-state index in [1.807, 2.05) is 17.0 Å². The summed E-state index contributed by atoms with van der Waals surface area (Å²) >= 11 is 0. The number of rotatable bonds is 3. The lowest BCUT2D eigenvalue weighted by molar-refractivity contribution is -0.0395. The first kappa shape index (κ1) is 16.0. The fourth-order valence-corrected chi connectivity index (χ4v) is 3.55. The zero-order valence-corrected chi connectivity index (χ0v) is 13.9. The fraction of sp³-hybridized carbons (Fsp3) is 0.444. The van der Waals surface area contributed by atoms with Gasteiger partial charge in [-0.05, 0) is 31.0 Å². The number of piperidine rings is 1. The highest BCUT2D eigenvalue weighted by Gasteiger charge is 2.44. The molecule has 7 nitrogen and oxygen atoms in total. The van der Waals surface area contributed by atoms with E-state index in [1.165, 1.54) is 6.20 Å². The van der Waals surface area contributed by atoms with Gasteiger partial charge in [0, 0.05) is 25.7 Å². The van der Waals surface area contributed by atoms with E-state index in [0.717, 1.165) is 25.0 Å². The minimum absolute atomic E-state index is 0.00547. The van der Waals surface area contributed by atoms with E-state index in [9.17, 15) is 4.79 Å². The number of amides is 1. The maximum absolute atomic E-state index is 12.5. The Balaban J connectivity index is 1.33. The van der Waals surface area contributed by atoms with E-state index in [-0.39, 0.29) is 17.6 Å². The van der Waals surface area contributed by atoms with Crippen molar-refractivity contribution < 1.29 is 14.3 Å². The maximum atomic E-state index is 12.5. The molecule has 0 N–H and O–H groups in total. The van der Waals surface area contributed by atoms with E-state index in [1.54, 1.807) is 24.7 Å². The third-order valence-electron chi connectivity index (χ3n) is 4.91. The van der Waals surface area contributed by atoms with E-state index in [4.69, 9.17) is 9.47 Å². The SMILES string of the molecule is O=C(c1ccnnc1)N1CCC2(CC1)C[C@H](Oc1cccnc1)CO2. The number of pyridine rings is 1. The van der Waals surface area contributed by atoms with Gasteiger partial charge in [0.25, 0.3) is 5.91 Å². The van der Waals surface area contributed by atoms with Gasteiger partial charge >= 0.3 is 0 Å². The number of nitrogens with zero attached hydrogens (tertiary/aromatic N) is 4. The Bertz CT molecular complexity index is 718. The van der Waals surface area contributed by atoms with Gasteiger partial charge in [-0.15, -0.1) is 0 Å². The number of likely N-dealkylation sites (tertiary alicyclic amines) is 1. The summed E-state index contributed by atoms with van der Waals surface area (Å²) in [5.74, 6) is 0.775. The van der Waals surface area contributed by atoms with Crippen LogP contribution < -0.4 is 4.74 Å². The Hall–Kier alpha value is -2.54. The van der Waals surface area contributed by atoms with E-state index in [2.05, 4.69) is 15.2 Å². The van der Waals surface area contributed by atoms with Crippen molar-refractivity contribution in [3.63, 3.8) is 0 Å². The molecular weight excluding hydrogens is 320 g/mol. The molecule has 1 spiro atoms. The van der Waals surface area contributed by atoms with Crippen molar-refractivity contribution in [2.24, 2.45) is 0 Å². The van der Waals surface area contributed by atoms with Crippen LogP contribution in [0, 0.1) is 0 Å². The lowest BCUT2D eigenvalue weighted by Gasteiger charge is -2.38. The molecule has 0 saturated carbocycles. The summed E-state index contributed by atoms with van der Waals surface area (Å²) in [6, 6.07) is 5.46. The predicted octanol–water partition coefficient (Wildman–Crippen LogP) is 1.71. The minimum Gasteiger partial charge on any atom is -0.486 e. The molecule has 0 radical (unpaired) electrons. The van der Waals surface area contributed by atoms with Crippen LogP contribution in [0.4, 0.5) is 0 Å². The molecular formula is C18H20N4O3. The van der Waals surface area contributed by atoms with Gasteiger partial charge in [0.15, 0.2) is 0 Å². The van der Waals surface area contributed by atoms with Crippen LogP contribution in [0.25, 0.3) is 0 Å². The van der Waals surface area contributed by atoms with Crippen molar-refractivity contribution in [2.45, 2.75) is 31.0 Å². The van der Waals surface area contributed by atoms with E-state index < -0.39 is 0 Å². The van der Waals surface area contributed by atoms with Crippen molar-refractivity contribution in [3.05, 3.63) is 48.5 Å². The first-order valence-corrected chi connectivity index (χ1v) is 8.51. The molecule has 1 atom stereocenters. The number of hydrogen-bond acceptors (Lipinski definition) is 6. The highest BCUT2D eigenvalue weighted by Crippen LogP contribution is 2.37. The molecule has 130 valence electrons.